The second-order valence-electron chi connectivity index (χ2n) is 6.01. The predicted molar refractivity (Wildman–Crippen MR) is 89.2 cm³/mol. The third kappa shape index (κ3) is 2.04. The molecule has 24 heavy (non-hydrogen) atoms. The first kappa shape index (κ1) is 15.9. The summed E-state index contributed by atoms with van der Waals surface area (Å²) in [5.74, 6) is 1.04. The number of carboxylic acid groups (broad SMARTS) is 1. The number of nitrogens with zero attached hydrogens (tertiary/aromatic N) is 2. The average molecular weight is 322 g/mol. The number of terminal acetylenes is 1. The molecule has 122 valence electrons. The van der Waals surface area contributed by atoms with Crippen molar-refractivity contribution in [1.82, 2.24) is 9.47 Å². The quantitative estimate of drug-likeness (QED) is 0.879. The van der Waals surface area contributed by atoms with Crippen molar-refractivity contribution in [2.45, 2.75) is 25.4 Å². The maximum Gasteiger partial charge on any atom is 0.335 e. The van der Waals surface area contributed by atoms with Gasteiger partial charge in [-0.1, -0.05) is 18.2 Å². The van der Waals surface area contributed by atoms with E-state index in [1.807, 2.05) is 30.7 Å². The van der Waals surface area contributed by atoms with E-state index in [2.05, 4.69) is 5.92 Å². The summed E-state index contributed by atoms with van der Waals surface area (Å²) in [5.41, 5.74) is 1.23. The van der Waals surface area contributed by atoms with Crippen LogP contribution in [-0.2, 0) is 23.9 Å². The molecule has 1 aromatic heterocycles. The lowest BCUT2D eigenvalue weighted by Gasteiger charge is -2.34. The number of fused-ring (bicyclic) bond motifs is 1. The van der Waals surface area contributed by atoms with Crippen molar-refractivity contribution in [3.05, 3.63) is 58.9 Å². The first-order valence-electron chi connectivity index (χ1n) is 7.63. The SMILES string of the molecule is C#CCC1(C(=O)O)c2ccccc2C(=O)N1Cc1ccc(C)n1C. The summed E-state index contributed by atoms with van der Waals surface area (Å²) in [6, 6.07) is 10.6. The molecule has 2 heterocycles. The standard InChI is InChI=1S/C19H18N2O3/c1-4-11-19(18(23)24)16-8-6-5-7-15(16)17(22)21(19)12-14-10-9-13(2)20(14)3/h1,5-10H,11-12H2,2-3H3,(H,23,24). The predicted octanol–water partition coefficient (Wildman–Crippen LogP) is 2.29. The fourth-order valence-electron chi connectivity index (χ4n) is 3.33. The van der Waals surface area contributed by atoms with Gasteiger partial charge >= 0.3 is 5.97 Å². The van der Waals surface area contributed by atoms with Gasteiger partial charge in [0, 0.05) is 36.0 Å². The van der Waals surface area contributed by atoms with Crippen LogP contribution in [-0.4, -0.2) is 26.5 Å². The monoisotopic (exact) mass is 322 g/mol. The lowest BCUT2D eigenvalue weighted by atomic mass is 9.86. The topological polar surface area (TPSA) is 62.5 Å². The van der Waals surface area contributed by atoms with Gasteiger partial charge in [0.2, 0.25) is 0 Å². The minimum atomic E-state index is -1.53. The molecule has 1 aromatic carbocycles. The molecule has 0 fully saturated rings. The van der Waals surface area contributed by atoms with Crippen LogP contribution in [0.1, 0.15) is 33.7 Å². The number of hydrogen-bond donors (Lipinski definition) is 1. The van der Waals surface area contributed by atoms with Crippen LogP contribution in [0.5, 0.6) is 0 Å². The number of aromatic nitrogens is 1. The highest BCUT2D eigenvalue weighted by Crippen LogP contribution is 2.42. The van der Waals surface area contributed by atoms with Gasteiger partial charge in [0.05, 0.1) is 6.54 Å². The smallest absolute Gasteiger partial charge is 0.335 e. The van der Waals surface area contributed by atoms with Gasteiger partial charge in [-0.05, 0) is 25.1 Å². The van der Waals surface area contributed by atoms with Gasteiger partial charge in [0.1, 0.15) is 0 Å². The van der Waals surface area contributed by atoms with E-state index in [0.717, 1.165) is 11.4 Å². The number of carbonyl (C=O) groups is 2. The number of aliphatic carboxylic acids is 1. The van der Waals surface area contributed by atoms with E-state index in [1.54, 1.807) is 24.3 Å². The zero-order valence-electron chi connectivity index (χ0n) is 13.6. The number of rotatable bonds is 4. The second kappa shape index (κ2) is 5.57. The molecule has 0 spiro atoms. The Balaban J connectivity index is 2.16. The van der Waals surface area contributed by atoms with E-state index < -0.39 is 11.5 Å². The minimum Gasteiger partial charge on any atom is -0.479 e. The van der Waals surface area contributed by atoms with E-state index in [1.165, 1.54) is 4.90 Å². The van der Waals surface area contributed by atoms with Crippen LogP contribution in [0.2, 0.25) is 0 Å². The third-order valence-corrected chi connectivity index (χ3v) is 4.82. The first-order chi connectivity index (χ1) is 11.4. The van der Waals surface area contributed by atoms with Crippen LogP contribution in [0.4, 0.5) is 0 Å². The molecule has 1 aliphatic rings. The number of hydrogen-bond acceptors (Lipinski definition) is 2. The van der Waals surface area contributed by atoms with E-state index in [4.69, 9.17) is 6.42 Å². The van der Waals surface area contributed by atoms with Crippen LogP contribution in [0.25, 0.3) is 0 Å². The highest BCUT2D eigenvalue weighted by atomic mass is 16.4. The van der Waals surface area contributed by atoms with Crippen LogP contribution >= 0.6 is 0 Å². The summed E-state index contributed by atoms with van der Waals surface area (Å²) in [6.07, 6.45) is 5.39. The molecule has 2 aromatic rings. The third-order valence-electron chi connectivity index (χ3n) is 4.82. The molecule has 1 amide bonds. The van der Waals surface area contributed by atoms with Gasteiger partial charge in [0.15, 0.2) is 5.54 Å². The molecule has 3 rings (SSSR count). The average Bonchev–Trinajstić information content (AvgIpc) is 3.00. The fourth-order valence-corrected chi connectivity index (χ4v) is 3.33. The number of carbonyl (C=O) groups excluding carboxylic acids is 1. The van der Waals surface area contributed by atoms with E-state index in [-0.39, 0.29) is 18.9 Å². The fraction of sp³-hybridized carbons (Fsp3) is 0.263. The first-order valence-corrected chi connectivity index (χ1v) is 7.63. The van der Waals surface area contributed by atoms with Gasteiger partial charge in [-0.25, -0.2) is 4.79 Å². The molecule has 1 unspecified atom stereocenters. The summed E-state index contributed by atoms with van der Waals surface area (Å²) >= 11 is 0. The van der Waals surface area contributed by atoms with Gasteiger partial charge in [-0.15, -0.1) is 12.3 Å². The summed E-state index contributed by atoms with van der Waals surface area (Å²) in [6.45, 7) is 2.14. The lowest BCUT2D eigenvalue weighted by molar-refractivity contribution is -0.150. The maximum absolute atomic E-state index is 12.9. The van der Waals surface area contributed by atoms with E-state index >= 15 is 0 Å². The molecule has 0 bridgehead atoms. The number of carboxylic acids is 1. The molecule has 1 N–H and O–H groups in total. The summed E-state index contributed by atoms with van der Waals surface area (Å²) < 4.78 is 1.94. The Hall–Kier alpha value is -3.00. The Morgan fingerprint density at radius 3 is 2.58 bits per heavy atom. The van der Waals surface area contributed by atoms with Crippen molar-refractivity contribution in [2.75, 3.05) is 0 Å². The number of aryl methyl sites for hydroxylation is 1. The van der Waals surface area contributed by atoms with E-state index in [0.29, 0.717) is 11.1 Å². The Labute approximate surface area is 140 Å². The summed E-state index contributed by atoms with van der Waals surface area (Å²) in [5, 5.41) is 9.99. The van der Waals surface area contributed by atoms with Gasteiger partial charge in [0.25, 0.3) is 5.91 Å². The lowest BCUT2D eigenvalue weighted by Crippen LogP contribution is -2.49. The molecule has 0 saturated heterocycles. The minimum absolute atomic E-state index is 0.0749. The van der Waals surface area contributed by atoms with Crippen molar-refractivity contribution in [1.29, 1.82) is 0 Å². The Morgan fingerprint density at radius 2 is 2.00 bits per heavy atom. The highest BCUT2D eigenvalue weighted by Gasteiger charge is 2.54. The normalized spacial score (nSPS) is 19.2. The van der Waals surface area contributed by atoms with Crippen LogP contribution in [0.3, 0.4) is 0 Å². The van der Waals surface area contributed by atoms with Gasteiger partial charge in [-0.2, -0.15) is 0 Å². The molecule has 1 aliphatic heterocycles. The van der Waals surface area contributed by atoms with Crippen LogP contribution in [0, 0.1) is 19.3 Å². The van der Waals surface area contributed by atoms with Crippen molar-refractivity contribution in [3.63, 3.8) is 0 Å². The largest absolute Gasteiger partial charge is 0.479 e. The van der Waals surface area contributed by atoms with Gasteiger partial charge in [-0.3, -0.25) is 4.79 Å². The maximum atomic E-state index is 12.9. The second-order valence-corrected chi connectivity index (χ2v) is 6.01. The Kier molecular flexibility index (Phi) is 3.69. The van der Waals surface area contributed by atoms with Crippen LogP contribution in [0.15, 0.2) is 36.4 Å². The molecule has 0 aliphatic carbocycles. The summed E-state index contributed by atoms with van der Waals surface area (Å²) in [4.78, 5) is 26.5. The molecule has 1 atom stereocenters. The summed E-state index contributed by atoms with van der Waals surface area (Å²) in [7, 11) is 1.89. The number of benzene rings is 1. The zero-order chi connectivity index (χ0) is 17.5. The van der Waals surface area contributed by atoms with Crippen molar-refractivity contribution < 1.29 is 14.7 Å². The van der Waals surface area contributed by atoms with Crippen molar-refractivity contribution in [3.8, 4) is 12.3 Å². The highest BCUT2D eigenvalue weighted by molar-refractivity contribution is 6.05. The van der Waals surface area contributed by atoms with Crippen molar-refractivity contribution >= 4 is 11.9 Å². The molecule has 0 radical (unpaired) electrons. The van der Waals surface area contributed by atoms with Crippen molar-refractivity contribution in [2.24, 2.45) is 7.05 Å². The molecule has 5 nitrogen and oxygen atoms in total. The molecular formula is C19H18N2O3. The van der Waals surface area contributed by atoms with Gasteiger partial charge < -0.3 is 14.6 Å². The zero-order valence-corrected chi connectivity index (χ0v) is 13.6. The number of amides is 1. The van der Waals surface area contributed by atoms with Crippen LogP contribution < -0.4 is 0 Å². The molecule has 0 saturated carbocycles. The van der Waals surface area contributed by atoms with E-state index in [9.17, 15) is 14.7 Å². The Morgan fingerprint density at radius 1 is 1.29 bits per heavy atom. The Bertz CT molecular complexity index is 875. The molecular weight excluding hydrogens is 304 g/mol. The molecule has 5 heteroatoms.